The topological polar surface area (TPSA) is 124 Å². The zero-order valence-corrected chi connectivity index (χ0v) is 6.30. The van der Waals surface area contributed by atoms with Crippen molar-refractivity contribution in [2.45, 2.75) is 12.1 Å². The molecule has 13 heavy (non-hydrogen) atoms. The van der Waals surface area contributed by atoms with E-state index in [-0.39, 0.29) is 0 Å². The summed E-state index contributed by atoms with van der Waals surface area (Å²) in [6.07, 6.45) is 0. The van der Waals surface area contributed by atoms with Gasteiger partial charge in [0.15, 0.2) is 0 Å². The van der Waals surface area contributed by atoms with E-state index in [1.165, 1.54) is 0 Å². The molecule has 0 radical (unpaired) electrons. The van der Waals surface area contributed by atoms with E-state index < -0.39 is 35.9 Å². The van der Waals surface area contributed by atoms with Crippen LogP contribution < -0.4 is 5.32 Å². The number of hydrogen-bond acceptors (Lipinski definition) is 4. The number of aliphatic carboxylic acids is 3. The second kappa shape index (κ2) is 3.02. The van der Waals surface area contributed by atoms with Crippen molar-refractivity contribution in [2.75, 3.05) is 0 Å². The molecule has 1 fully saturated rings. The van der Waals surface area contributed by atoms with Crippen molar-refractivity contribution in [3.05, 3.63) is 0 Å². The Morgan fingerprint density at radius 3 is 1.46 bits per heavy atom. The molecule has 1 heterocycles. The van der Waals surface area contributed by atoms with Crippen molar-refractivity contribution in [1.82, 2.24) is 5.32 Å². The van der Waals surface area contributed by atoms with E-state index in [0.717, 1.165) is 0 Å². The van der Waals surface area contributed by atoms with Crippen LogP contribution in [0.2, 0.25) is 0 Å². The largest absolute Gasteiger partial charge is 0.481 e. The average Bonchev–Trinajstić information content (AvgIpc) is 1.79. The van der Waals surface area contributed by atoms with Crippen molar-refractivity contribution >= 4 is 17.9 Å². The third-order valence-electron chi connectivity index (χ3n) is 1.89. The van der Waals surface area contributed by atoms with E-state index in [1.54, 1.807) is 0 Å². The molecule has 72 valence electrons. The summed E-state index contributed by atoms with van der Waals surface area (Å²) < 4.78 is 0. The lowest BCUT2D eigenvalue weighted by molar-refractivity contribution is -0.166. The van der Waals surface area contributed by atoms with Gasteiger partial charge in [-0.2, -0.15) is 0 Å². The van der Waals surface area contributed by atoms with E-state index >= 15 is 0 Å². The van der Waals surface area contributed by atoms with Crippen LogP contribution >= 0.6 is 0 Å². The third-order valence-corrected chi connectivity index (χ3v) is 1.89. The first-order valence-corrected chi connectivity index (χ1v) is 3.39. The van der Waals surface area contributed by atoms with Gasteiger partial charge < -0.3 is 15.3 Å². The Balaban J connectivity index is 2.74. The van der Waals surface area contributed by atoms with Crippen LogP contribution in [-0.4, -0.2) is 45.3 Å². The first-order chi connectivity index (χ1) is 5.95. The van der Waals surface area contributed by atoms with Crippen LogP contribution in [-0.2, 0) is 14.4 Å². The van der Waals surface area contributed by atoms with Crippen LogP contribution in [0.25, 0.3) is 0 Å². The van der Waals surface area contributed by atoms with Gasteiger partial charge in [0.2, 0.25) is 0 Å². The lowest BCUT2D eigenvalue weighted by Crippen LogP contribution is -2.70. The minimum Gasteiger partial charge on any atom is -0.481 e. The lowest BCUT2D eigenvalue weighted by Gasteiger charge is -2.37. The summed E-state index contributed by atoms with van der Waals surface area (Å²) in [5.74, 6) is -5.52. The first kappa shape index (κ1) is 9.46. The minimum absolute atomic E-state index is 1.31. The number of rotatable bonds is 3. The van der Waals surface area contributed by atoms with Gasteiger partial charge in [0.25, 0.3) is 0 Å². The van der Waals surface area contributed by atoms with Crippen LogP contribution in [0.1, 0.15) is 0 Å². The fraction of sp³-hybridized carbons (Fsp3) is 0.500. The molecule has 1 saturated heterocycles. The molecule has 0 amide bonds. The van der Waals surface area contributed by atoms with Crippen molar-refractivity contribution in [3.8, 4) is 0 Å². The van der Waals surface area contributed by atoms with Crippen LogP contribution in [0.5, 0.6) is 0 Å². The molecule has 2 atom stereocenters. The number of carbonyl (C=O) groups is 3. The van der Waals surface area contributed by atoms with Gasteiger partial charge in [0.05, 0.1) is 0 Å². The molecule has 0 aromatic carbocycles. The maximum Gasteiger partial charge on any atom is 0.321 e. The first-order valence-electron chi connectivity index (χ1n) is 3.39. The van der Waals surface area contributed by atoms with E-state index in [2.05, 4.69) is 5.32 Å². The molecule has 1 aliphatic heterocycles. The molecular weight excluding hydrogens is 182 g/mol. The van der Waals surface area contributed by atoms with Crippen LogP contribution in [0.4, 0.5) is 0 Å². The minimum atomic E-state index is -1.42. The number of nitrogens with one attached hydrogen (secondary N) is 1. The number of hydrogen-bond donors (Lipinski definition) is 4. The van der Waals surface area contributed by atoms with Gasteiger partial charge in [-0.3, -0.25) is 19.7 Å². The Morgan fingerprint density at radius 2 is 1.23 bits per heavy atom. The molecule has 0 aromatic heterocycles. The highest BCUT2D eigenvalue weighted by Gasteiger charge is 2.53. The fourth-order valence-electron chi connectivity index (χ4n) is 1.21. The Kier molecular flexibility index (Phi) is 2.20. The highest BCUT2D eigenvalue weighted by atomic mass is 16.4. The van der Waals surface area contributed by atoms with Crippen LogP contribution in [0.3, 0.4) is 0 Å². The van der Waals surface area contributed by atoms with Gasteiger partial charge in [-0.1, -0.05) is 0 Å². The number of carboxylic acids is 3. The fourth-order valence-corrected chi connectivity index (χ4v) is 1.21. The third kappa shape index (κ3) is 1.45. The van der Waals surface area contributed by atoms with Crippen LogP contribution in [0, 0.1) is 5.92 Å². The van der Waals surface area contributed by atoms with E-state index in [0.29, 0.717) is 0 Å². The maximum absolute atomic E-state index is 10.4. The van der Waals surface area contributed by atoms with E-state index in [1.807, 2.05) is 0 Å². The van der Waals surface area contributed by atoms with Gasteiger partial charge in [-0.05, 0) is 0 Å². The molecule has 0 bridgehead atoms. The normalized spacial score (nSPS) is 31.8. The smallest absolute Gasteiger partial charge is 0.321 e. The standard InChI is InChI=1S/C6H7NO6/c8-4(9)1-2(5(10)11)7-3(1)6(12)13/h1-3,7H,(H,8,9)(H,10,11)(H,12,13). The van der Waals surface area contributed by atoms with Crippen molar-refractivity contribution in [3.63, 3.8) is 0 Å². The average molecular weight is 189 g/mol. The zero-order chi connectivity index (χ0) is 10.2. The highest BCUT2D eigenvalue weighted by molar-refractivity contribution is 5.92. The summed E-state index contributed by atoms with van der Waals surface area (Å²) in [5.41, 5.74) is 0. The summed E-state index contributed by atoms with van der Waals surface area (Å²) in [6, 6.07) is -2.61. The van der Waals surface area contributed by atoms with Crippen molar-refractivity contribution < 1.29 is 29.7 Å². The van der Waals surface area contributed by atoms with Gasteiger partial charge in [-0.25, -0.2) is 0 Å². The molecule has 2 unspecified atom stereocenters. The molecule has 1 aliphatic rings. The predicted molar refractivity (Wildman–Crippen MR) is 37.1 cm³/mol. The Hall–Kier alpha value is -1.63. The van der Waals surface area contributed by atoms with Gasteiger partial charge in [0, 0.05) is 0 Å². The molecular formula is C6H7NO6. The van der Waals surface area contributed by atoms with Gasteiger partial charge in [0.1, 0.15) is 18.0 Å². The van der Waals surface area contributed by atoms with Crippen molar-refractivity contribution in [2.24, 2.45) is 5.92 Å². The molecule has 7 heteroatoms. The van der Waals surface area contributed by atoms with Crippen LogP contribution in [0.15, 0.2) is 0 Å². The molecule has 0 aromatic rings. The van der Waals surface area contributed by atoms with E-state index in [9.17, 15) is 14.4 Å². The molecule has 7 nitrogen and oxygen atoms in total. The maximum atomic E-state index is 10.4. The molecule has 1 rings (SSSR count). The van der Waals surface area contributed by atoms with Crippen molar-refractivity contribution in [1.29, 1.82) is 0 Å². The lowest BCUT2D eigenvalue weighted by atomic mass is 9.82. The SMILES string of the molecule is O=C(O)C1NC(C(=O)O)C1C(=O)O. The van der Waals surface area contributed by atoms with Gasteiger partial charge >= 0.3 is 17.9 Å². The Labute approximate surface area is 72.0 Å². The summed E-state index contributed by atoms with van der Waals surface area (Å²) >= 11 is 0. The molecule has 4 N–H and O–H groups in total. The van der Waals surface area contributed by atoms with E-state index in [4.69, 9.17) is 15.3 Å². The highest BCUT2D eigenvalue weighted by Crippen LogP contribution is 2.21. The Morgan fingerprint density at radius 1 is 0.846 bits per heavy atom. The predicted octanol–water partition coefficient (Wildman–Crippen LogP) is -1.80. The summed E-state index contributed by atoms with van der Waals surface area (Å²) in [7, 11) is 0. The summed E-state index contributed by atoms with van der Waals surface area (Å²) in [6.45, 7) is 0. The van der Waals surface area contributed by atoms with Gasteiger partial charge in [-0.15, -0.1) is 0 Å². The molecule has 0 aliphatic carbocycles. The zero-order valence-electron chi connectivity index (χ0n) is 6.30. The molecule has 0 saturated carbocycles. The quantitative estimate of drug-likeness (QED) is 0.412. The summed E-state index contributed by atoms with van der Waals surface area (Å²) in [4.78, 5) is 31.1. The second-order valence-electron chi connectivity index (χ2n) is 2.66. The monoisotopic (exact) mass is 189 g/mol. The summed E-state index contributed by atoms with van der Waals surface area (Å²) in [5, 5.41) is 27.5. The molecule has 0 spiro atoms. The number of carboxylic acid groups (broad SMARTS) is 3. The second-order valence-corrected chi connectivity index (χ2v) is 2.66. The Bertz CT molecular complexity index is 254.